The highest BCUT2D eigenvalue weighted by atomic mass is 16.1. The van der Waals surface area contributed by atoms with Crippen molar-refractivity contribution >= 4 is 11.5 Å². The van der Waals surface area contributed by atoms with Gasteiger partial charge in [-0.05, 0) is 38.1 Å². The van der Waals surface area contributed by atoms with Crippen molar-refractivity contribution in [2.24, 2.45) is 0 Å². The van der Waals surface area contributed by atoms with Gasteiger partial charge in [0, 0.05) is 11.3 Å². The molecule has 2 aromatic rings. The molecule has 4 heteroatoms. The lowest BCUT2D eigenvalue weighted by Crippen LogP contribution is -2.00. The van der Waals surface area contributed by atoms with Crippen molar-refractivity contribution in [2.75, 3.05) is 5.32 Å². The van der Waals surface area contributed by atoms with Gasteiger partial charge in [-0.15, -0.1) is 0 Å². The molecule has 0 amide bonds. The summed E-state index contributed by atoms with van der Waals surface area (Å²) in [7, 11) is 0. The molecule has 0 saturated carbocycles. The van der Waals surface area contributed by atoms with Crippen molar-refractivity contribution in [3.05, 3.63) is 47.5 Å². The van der Waals surface area contributed by atoms with Crippen LogP contribution in [0.1, 0.15) is 28.8 Å². The summed E-state index contributed by atoms with van der Waals surface area (Å²) >= 11 is 0. The smallest absolute Gasteiger partial charge is 0.159 e. The molecule has 0 aliphatic heterocycles. The number of nitrogens with one attached hydrogen (secondary N) is 2. The van der Waals surface area contributed by atoms with Crippen LogP contribution in [0.25, 0.3) is 0 Å². The first-order chi connectivity index (χ1) is 8.15. The zero-order chi connectivity index (χ0) is 12.3. The number of rotatable bonds is 4. The zero-order valence-corrected chi connectivity index (χ0v) is 9.95. The Bertz CT molecular complexity index is 514. The van der Waals surface area contributed by atoms with Crippen molar-refractivity contribution in [3.63, 3.8) is 0 Å². The van der Waals surface area contributed by atoms with Crippen LogP contribution in [-0.2, 0) is 6.54 Å². The molecule has 1 aromatic heterocycles. The third-order valence-corrected chi connectivity index (χ3v) is 2.53. The normalized spacial score (nSPS) is 10.2. The fourth-order valence-corrected chi connectivity index (χ4v) is 1.58. The predicted molar refractivity (Wildman–Crippen MR) is 67.1 cm³/mol. The molecule has 0 saturated heterocycles. The van der Waals surface area contributed by atoms with Gasteiger partial charge in [0.25, 0.3) is 0 Å². The van der Waals surface area contributed by atoms with Gasteiger partial charge >= 0.3 is 0 Å². The Morgan fingerprint density at radius 3 is 2.59 bits per heavy atom. The molecule has 1 aromatic carbocycles. The summed E-state index contributed by atoms with van der Waals surface area (Å²) in [6.45, 7) is 4.18. The highest BCUT2D eigenvalue weighted by Gasteiger charge is 2.00. The molecule has 0 spiro atoms. The van der Waals surface area contributed by atoms with Gasteiger partial charge in [0.05, 0.1) is 18.4 Å². The van der Waals surface area contributed by atoms with Gasteiger partial charge in [-0.2, -0.15) is 0 Å². The van der Waals surface area contributed by atoms with Gasteiger partial charge in [-0.25, -0.2) is 4.98 Å². The van der Waals surface area contributed by atoms with Gasteiger partial charge in [-0.1, -0.05) is 0 Å². The number of hydrogen-bond acceptors (Lipinski definition) is 3. The molecule has 4 nitrogen and oxygen atoms in total. The van der Waals surface area contributed by atoms with E-state index in [1.807, 2.05) is 37.4 Å². The van der Waals surface area contributed by atoms with E-state index in [0.29, 0.717) is 6.54 Å². The number of carbonyl (C=O) groups excluding carboxylic acids is 1. The average Bonchev–Trinajstić information content (AvgIpc) is 2.73. The lowest BCUT2D eigenvalue weighted by Gasteiger charge is -2.05. The van der Waals surface area contributed by atoms with Crippen molar-refractivity contribution in [1.82, 2.24) is 9.97 Å². The molecule has 0 radical (unpaired) electrons. The Morgan fingerprint density at radius 1 is 1.35 bits per heavy atom. The van der Waals surface area contributed by atoms with Crippen LogP contribution in [0.4, 0.5) is 5.69 Å². The first-order valence-electron chi connectivity index (χ1n) is 5.50. The number of anilines is 1. The minimum atomic E-state index is 0.0840. The quantitative estimate of drug-likeness (QED) is 0.792. The second-order valence-corrected chi connectivity index (χ2v) is 3.98. The second kappa shape index (κ2) is 4.82. The zero-order valence-electron chi connectivity index (χ0n) is 9.95. The Balaban J connectivity index is 1.97. The third kappa shape index (κ3) is 2.93. The van der Waals surface area contributed by atoms with Gasteiger partial charge in [0.1, 0.15) is 5.82 Å². The number of H-pyrrole nitrogens is 1. The topological polar surface area (TPSA) is 57.8 Å². The van der Waals surface area contributed by atoms with Gasteiger partial charge in [0.2, 0.25) is 0 Å². The van der Waals surface area contributed by atoms with Crippen molar-refractivity contribution in [3.8, 4) is 0 Å². The maximum Gasteiger partial charge on any atom is 0.159 e. The number of Topliss-reactive ketones (excluding diaryl/α,β-unsaturated/α-hetero) is 1. The van der Waals surface area contributed by atoms with E-state index in [1.165, 1.54) is 0 Å². The van der Waals surface area contributed by atoms with E-state index >= 15 is 0 Å². The molecular weight excluding hydrogens is 214 g/mol. The number of aromatic amines is 1. The van der Waals surface area contributed by atoms with Gasteiger partial charge in [0.15, 0.2) is 5.78 Å². The van der Waals surface area contributed by atoms with Crippen molar-refractivity contribution < 1.29 is 4.79 Å². The number of benzene rings is 1. The summed E-state index contributed by atoms with van der Waals surface area (Å²) < 4.78 is 0. The molecule has 17 heavy (non-hydrogen) atoms. The molecule has 1 heterocycles. The summed E-state index contributed by atoms with van der Waals surface area (Å²) in [5, 5.41) is 3.26. The number of aromatic nitrogens is 2. The molecule has 88 valence electrons. The Hall–Kier alpha value is -2.10. The minimum absolute atomic E-state index is 0.0840. The maximum absolute atomic E-state index is 11.1. The number of imidazole rings is 1. The molecule has 0 bridgehead atoms. The summed E-state index contributed by atoms with van der Waals surface area (Å²) in [5.41, 5.74) is 2.76. The summed E-state index contributed by atoms with van der Waals surface area (Å²) in [6.07, 6.45) is 1.81. The molecular formula is C13H15N3O. The SMILES string of the molecule is CC(=O)c1ccc(NCc2cnc(C)[nH]2)cc1. The van der Waals surface area contributed by atoms with E-state index in [4.69, 9.17) is 0 Å². The van der Waals surface area contributed by atoms with Crippen LogP contribution in [0.5, 0.6) is 0 Å². The van der Waals surface area contributed by atoms with Crippen LogP contribution in [0.3, 0.4) is 0 Å². The van der Waals surface area contributed by atoms with Crippen LogP contribution >= 0.6 is 0 Å². The first-order valence-corrected chi connectivity index (χ1v) is 5.50. The summed E-state index contributed by atoms with van der Waals surface area (Å²) in [6, 6.07) is 7.45. The predicted octanol–water partition coefficient (Wildman–Crippen LogP) is 2.53. The number of aryl methyl sites for hydroxylation is 1. The number of carbonyl (C=O) groups is 1. The van der Waals surface area contributed by atoms with Crippen LogP contribution in [0.2, 0.25) is 0 Å². The minimum Gasteiger partial charge on any atom is -0.379 e. The number of nitrogens with zero attached hydrogens (tertiary/aromatic N) is 1. The Kier molecular flexibility index (Phi) is 3.23. The van der Waals surface area contributed by atoms with Crippen LogP contribution in [0.15, 0.2) is 30.5 Å². The van der Waals surface area contributed by atoms with E-state index < -0.39 is 0 Å². The molecule has 0 atom stereocenters. The van der Waals surface area contributed by atoms with E-state index in [-0.39, 0.29) is 5.78 Å². The van der Waals surface area contributed by atoms with E-state index in [1.54, 1.807) is 6.92 Å². The van der Waals surface area contributed by atoms with Gasteiger partial charge < -0.3 is 10.3 Å². The summed E-state index contributed by atoms with van der Waals surface area (Å²) in [4.78, 5) is 18.4. The number of hydrogen-bond donors (Lipinski definition) is 2. The fraction of sp³-hybridized carbons (Fsp3) is 0.231. The molecule has 0 unspecified atom stereocenters. The molecule has 0 fully saturated rings. The lowest BCUT2D eigenvalue weighted by atomic mass is 10.1. The molecule has 0 aliphatic rings. The lowest BCUT2D eigenvalue weighted by molar-refractivity contribution is 0.101. The Morgan fingerprint density at radius 2 is 2.06 bits per heavy atom. The van der Waals surface area contributed by atoms with E-state index in [2.05, 4.69) is 15.3 Å². The highest BCUT2D eigenvalue weighted by Crippen LogP contribution is 2.11. The standard InChI is InChI=1S/C13H15N3O/c1-9(17)11-3-5-12(6-4-11)15-8-13-7-14-10(2)16-13/h3-7,15H,8H2,1-2H3,(H,14,16). The average molecular weight is 229 g/mol. The molecule has 2 rings (SSSR count). The van der Waals surface area contributed by atoms with Crippen LogP contribution in [-0.4, -0.2) is 15.8 Å². The Labute approximate surface area is 100 Å². The van der Waals surface area contributed by atoms with Crippen molar-refractivity contribution in [1.29, 1.82) is 0 Å². The third-order valence-electron chi connectivity index (χ3n) is 2.53. The van der Waals surface area contributed by atoms with Crippen LogP contribution in [0, 0.1) is 6.92 Å². The monoisotopic (exact) mass is 229 g/mol. The molecule has 0 aliphatic carbocycles. The largest absolute Gasteiger partial charge is 0.379 e. The van der Waals surface area contributed by atoms with Gasteiger partial charge in [-0.3, -0.25) is 4.79 Å². The number of ketones is 1. The first kappa shape index (κ1) is 11.4. The fourth-order valence-electron chi connectivity index (χ4n) is 1.58. The molecule has 2 N–H and O–H groups in total. The van der Waals surface area contributed by atoms with Crippen molar-refractivity contribution in [2.45, 2.75) is 20.4 Å². The summed E-state index contributed by atoms with van der Waals surface area (Å²) in [5.74, 6) is 0.995. The van der Waals surface area contributed by atoms with E-state index in [9.17, 15) is 4.79 Å². The van der Waals surface area contributed by atoms with E-state index in [0.717, 1.165) is 22.8 Å². The van der Waals surface area contributed by atoms with Crippen LogP contribution < -0.4 is 5.32 Å². The highest BCUT2D eigenvalue weighted by molar-refractivity contribution is 5.94. The maximum atomic E-state index is 11.1. The second-order valence-electron chi connectivity index (χ2n) is 3.98.